The molecule has 1 heterocycles. The van der Waals surface area contributed by atoms with Crippen LogP contribution in [0.3, 0.4) is 0 Å². The molecule has 126 valence electrons. The van der Waals surface area contributed by atoms with E-state index in [4.69, 9.17) is 4.74 Å². The Morgan fingerprint density at radius 3 is 3.00 bits per heavy atom. The second-order valence-corrected chi connectivity index (χ2v) is 6.89. The van der Waals surface area contributed by atoms with Crippen molar-refractivity contribution in [2.75, 3.05) is 12.9 Å². The van der Waals surface area contributed by atoms with E-state index >= 15 is 0 Å². The summed E-state index contributed by atoms with van der Waals surface area (Å²) in [4.78, 5) is 13.4. The molecule has 1 N–H and O–H groups in total. The number of hydrogen-bond donors (Lipinski definition) is 1. The third kappa shape index (κ3) is 3.90. The highest BCUT2D eigenvalue weighted by molar-refractivity contribution is 7.99. The van der Waals surface area contributed by atoms with Crippen LogP contribution in [0.5, 0.6) is 5.75 Å². The van der Waals surface area contributed by atoms with Gasteiger partial charge in [0.15, 0.2) is 0 Å². The molecule has 2 aromatic rings. The lowest BCUT2D eigenvalue weighted by molar-refractivity contribution is -0.121. The standard InChI is InChI=1S/C19H20FNO2S/c1-23-17-5-3-2-4-13(17)6-9-19(22)21-16-10-11-24-18-8-7-14(20)12-15(16)18/h2-5,7-8,12,16H,6,9-11H2,1H3,(H,21,22)/t16-/m0/s1. The summed E-state index contributed by atoms with van der Waals surface area (Å²) in [5, 5.41) is 3.05. The van der Waals surface area contributed by atoms with Crippen LogP contribution >= 0.6 is 11.8 Å². The zero-order chi connectivity index (χ0) is 16.9. The second-order valence-electron chi connectivity index (χ2n) is 5.75. The first kappa shape index (κ1) is 16.8. The molecule has 0 bridgehead atoms. The molecule has 0 aliphatic carbocycles. The molecule has 0 radical (unpaired) electrons. The summed E-state index contributed by atoms with van der Waals surface area (Å²) in [5.74, 6) is 1.44. The molecule has 0 saturated carbocycles. The van der Waals surface area contributed by atoms with E-state index in [0.717, 1.165) is 33.9 Å². The Labute approximate surface area is 145 Å². The van der Waals surface area contributed by atoms with Gasteiger partial charge in [-0.05, 0) is 48.2 Å². The maximum atomic E-state index is 13.5. The first-order chi connectivity index (χ1) is 11.7. The van der Waals surface area contributed by atoms with Crippen molar-refractivity contribution >= 4 is 17.7 Å². The molecule has 1 aliphatic heterocycles. The van der Waals surface area contributed by atoms with Crippen molar-refractivity contribution < 1.29 is 13.9 Å². The maximum Gasteiger partial charge on any atom is 0.220 e. The van der Waals surface area contributed by atoms with Crippen LogP contribution in [-0.2, 0) is 11.2 Å². The number of carbonyl (C=O) groups is 1. The van der Waals surface area contributed by atoms with Gasteiger partial charge in [0.05, 0.1) is 13.2 Å². The van der Waals surface area contributed by atoms with E-state index in [0.29, 0.717) is 12.8 Å². The van der Waals surface area contributed by atoms with Gasteiger partial charge in [0.1, 0.15) is 11.6 Å². The summed E-state index contributed by atoms with van der Waals surface area (Å²) in [6, 6.07) is 12.4. The van der Waals surface area contributed by atoms with Crippen LogP contribution in [0.15, 0.2) is 47.4 Å². The van der Waals surface area contributed by atoms with Crippen LogP contribution in [0, 0.1) is 5.82 Å². The quantitative estimate of drug-likeness (QED) is 0.886. The van der Waals surface area contributed by atoms with Gasteiger partial charge in [-0.2, -0.15) is 0 Å². The number of para-hydroxylation sites is 1. The fourth-order valence-electron chi connectivity index (χ4n) is 2.94. The highest BCUT2D eigenvalue weighted by Crippen LogP contribution is 2.36. The lowest BCUT2D eigenvalue weighted by Crippen LogP contribution is -2.30. The molecule has 3 rings (SSSR count). The number of aryl methyl sites for hydroxylation is 1. The Morgan fingerprint density at radius 2 is 2.17 bits per heavy atom. The van der Waals surface area contributed by atoms with Gasteiger partial charge < -0.3 is 10.1 Å². The predicted octanol–water partition coefficient (Wildman–Crippen LogP) is 4.12. The average Bonchev–Trinajstić information content (AvgIpc) is 2.60. The summed E-state index contributed by atoms with van der Waals surface area (Å²) in [7, 11) is 1.63. The van der Waals surface area contributed by atoms with Crippen molar-refractivity contribution in [3.05, 3.63) is 59.4 Å². The molecule has 0 fully saturated rings. The van der Waals surface area contributed by atoms with E-state index < -0.39 is 0 Å². The Balaban J connectivity index is 1.63. The summed E-state index contributed by atoms with van der Waals surface area (Å²) in [6.45, 7) is 0. The number of ether oxygens (including phenoxy) is 1. The van der Waals surface area contributed by atoms with E-state index in [9.17, 15) is 9.18 Å². The number of amides is 1. The van der Waals surface area contributed by atoms with Crippen molar-refractivity contribution in [2.24, 2.45) is 0 Å². The van der Waals surface area contributed by atoms with E-state index in [1.165, 1.54) is 12.1 Å². The van der Waals surface area contributed by atoms with Crippen molar-refractivity contribution in [1.29, 1.82) is 0 Å². The molecule has 0 aromatic heterocycles. The molecular formula is C19H20FNO2S. The Morgan fingerprint density at radius 1 is 1.33 bits per heavy atom. The zero-order valence-electron chi connectivity index (χ0n) is 13.5. The van der Waals surface area contributed by atoms with Gasteiger partial charge in [0.25, 0.3) is 0 Å². The number of benzene rings is 2. The lowest BCUT2D eigenvalue weighted by Gasteiger charge is -2.26. The number of nitrogens with one attached hydrogen (secondary N) is 1. The zero-order valence-corrected chi connectivity index (χ0v) is 14.4. The molecule has 0 saturated heterocycles. The first-order valence-corrected chi connectivity index (χ1v) is 8.99. The van der Waals surface area contributed by atoms with Crippen LogP contribution in [0.4, 0.5) is 4.39 Å². The normalized spacial score (nSPS) is 16.3. The second kappa shape index (κ2) is 7.71. The van der Waals surface area contributed by atoms with E-state index in [1.54, 1.807) is 24.9 Å². The highest BCUT2D eigenvalue weighted by atomic mass is 32.2. The maximum absolute atomic E-state index is 13.5. The van der Waals surface area contributed by atoms with Gasteiger partial charge in [-0.3, -0.25) is 4.79 Å². The van der Waals surface area contributed by atoms with E-state index in [2.05, 4.69) is 5.32 Å². The summed E-state index contributed by atoms with van der Waals surface area (Å²) < 4.78 is 18.8. The highest BCUT2D eigenvalue weighted by Gasteiger charge is 2.22. The van der Waals surface area contributed by atoms with E-state index in [1.807, 2.05) is 24.3 Å². The third-order valence-electron chi connectivity index (χ3n) is 4.16. The molecule has 1 aliphatic rings. The Kier molecular flexibility index (Phi) is 5.41. The number of carbonyl (C=O) groups excluding carboxylic acids is 1. The predicted molar refractivity (Wildman–Crippen MR) is 93.9 cm³/mol. The van der Waals surface area contributed by atoms with Gasteiger partial charge in [0.2, 0.25) is 5.91 Å². The number of halogens is 1. The summed E-state index contributed by atoms with van der Waals surface area (Å²) in [5.41, 5.74) is 1.90. The minimum atomic E-state index is -0.260. The minimum Gasteiger partial charge on any atom is -0.496 e. The van der Waals surface area contributed by atoms with Gasteiger partial charge in [0, 0.05) is 17.1 Å². The largest absolute Gasteiger partial charge is 0.496 e. The topological polar surface area (TPSA) is 38.3 Å². The number of fused-ring (bicyclic) bond motifs is 1. The van der Waals surface area contributed by atoms with Crippen LogP contribution in [0.2, 0.25) is 0 Å². The van der Waals surface area contributed by atoms with Crippen LogP contribution in [0.1, 0.15) is 30.0 Å². The molecule has 1 atom stereocenters. The number of methoxy groups -OCH3 is 1. The molecule has 24 heavy (non-hydrogen) atoms. The Hall–Kier alpha value is -2.01. The van der Waals surface area contributed by atoms with Crippen molar-refractivity contribution in [3.63, 3.8) is 0 Å². The summed E-state index contributed by atoms with van der Waals surface area (Å²) in [6.07, 6.45) is 1.82. The van der Waals surface area contributed by atoms with Gasteiger partial charge >= 0.3 is 0 Å². The molecule has 0 unspecified atom stereocenters. The molecular weight excluding hydrogens is 325 g/mol. The first-order valence-electron chi connectivity index (χ1n) is 8.01. The van der Waals surface area contributed by atoms with Gasteiger partial charge in [-0.15, -0.1) is 11.8 Å². The lowest BCUT2D eigenvalue weighted by atomic mass is 10.0. The van der Waals surface area contributed by atoms with E-state index in [-0.39, 0.29) is 17.8 Å². The molecule has 1 amide bonds. The fraction of sp³-hybridized carbons (Fsp3) is 0.316. The van der Waals surface area contributed by atoms with Crippen molar-refractivity contribution in [1.82, 2.24) is 5.32 Å². The van der Waals surface area contributed by atoms with Crippen LogP contribution in [-0.4, -0.2) is 18.8 Å². The van der Waals surface area contributed by atoms with Gasteiger partial charge in [-0.1, -0.05) is 18.2 Å². The fourth-order valence-corrected chi connectivity index (χ4v) is 4.05. The molecule has 0 spiro atoms. The molecule has 5 heteroatoms. The molecule has 3 nitrogen and oxygen atoms in total. The van der Waals surface area contributed by atoms with Crippen molar-refractivity contribution in [2.45, 2.75) is 30.2 Å². The number of rotatable bonds is 5. The van der Waals surface area contributed by atoms with Crippen LogP contribution < -0.4 is 10.1 Å². The van der Waals surface area contributed by atoms with Gasteiger partial charge in [-0.25, -0.2) is 4.39 Å². The monoisotopic (exact) mass is 345 g/mol. The third-order valence-corrected chi connectivity index (χ3v) is 5.28. The minimum absolute atomic E-state index is 0.0204. The average molecular weight is 345 g/mol. The summed E-state index contributed by atoms with van der Waals surface area (Å²) >= 11 is 1.71. The van der Waals surface area contributed by atoms with Crippen LogP contribution in [0.25, 0.3) is 0 Å². The Bertz CT molecular complexity index is 735. The SMILES string of the molecule is COc1ccccc1CCC(=O)N[C@H]1CCSc2ccc(F)cc21. The number of hydrogen-bond acceptors (Lipinski definition) is 3. The number of thioether (sulfide) groups is 1. The van der Waals surface area contributed by atoms with Crippen molar-refractivity contribution in [3.8, 4) is 5.75 Å². The molecule has 2 aromatic carbocycles. The smallest absolute Gasteiger partial charge is 0.220 e.